The molecule has 2 rings (SSSR count). The van der Waals surface area contributed by atoms with Gasteiger partial charge in [0.1, 0.15) is 11.5 Å². The van der Waals surface area contributed by atoms with E-state index in [-0.39, 0.29) is 16.9 Å². The molecule has 0 amide bonds. The Hall–Kier alpha value is -2.93. The summed E-state index contributed by atoms with van der Waals surface area (Å²) >= 11 is 0. The number of Topliss-reactive ketones (excluding diaryl/α,β-unsaturated/α-hetero) is 1. The molecule has 0 fully saturated rings. The number of nitrogen functional groups attached to an aromatic ring is 1. The van der Waals surface area contributed by atoms with Gasteiger partial charge < -0.3 is 15.9 Å². The molecule has 2 aromatic rings. The maximum Gasteiger partial charge on any atom is 0.273 e. The Morgan fingerprint density at radius 1 is 0.909 bits per heavy atom. The fraction of sp³-hybridized carbons (Fsp3) is 0.500. The number of carbonyl (C=O) groups excluding carboxylic acids is 1. The van der Waals surface area contributed by atoms with Crippen molar-refractivity contribution in [3.05, 3.63) is 58.1 Å². The molecular formula is C26H38N2O5. The molecule has 7 nitrogen and oxygen atoms in total. The predicted molar refractivity (Wildman–Crippen MR) is 133 cm³/mol. The number of rotatable bonds is 16. The molecule has 0 atom stereocenters. The van der Waals surface area contributed by atoms with Crippen LogP contribution in [0.2, 0.25) is 0 Å². The molecule has 182 valence electrons. The van der Waals surface area contributed by atoms with Crippen LogP contribution in [0, 0.1) is 10.1 Å². The number of hydrogen-bond acceptors (Lipinski definition) is 5. The van der Waals surface area contributed by atoms with E-state index in [9.17, 15) is 14.9 Å². The van der Waals surface area contributed by atoms with E-state index in [0.29, 0.717) is 29.2 Å². The zero-order valence-electron chi connectivity index (χ0n) is 19.7. The summed E-state index contributed by atoms with van der Waals surface area (Å²) in [5.41, 5.74) is 6.72. The molecule has 0 spiro atoms. The molecule has 2 aromatic carbocycles. The Morgan fingerprint density at radius 2 is 1.48 bits per heavy atom. The maximum atomic E-state index is 12.8. The summed E-state index contributed by atoms with van der Waals surface area (Å²) < 4.78 is 5.80. The van der Waals surface area contributed by atoms with Crippen LogP contribution in [0.25, 0.3) is 0 Å². The third-order valence-corrected chi connectivity index (χ3v) is 5.60. The molecular weight excluding hydrogens is 420 g/mol. The smallest absolute Gasteiger partial charge is 0.273 e. The number of carbonyl (C=O) groups is 1. The molecule has 0 aliphatic rings. The summed E-state index contributed by atoms with van der Waals surface area (Å²) in [5.74, 6) is 0.576. The Labute approximate surface area is 196 Å². The summed E-state index contributed by atoms with van der Waals surface area (Å²) in [5, 5.41) is 11.0. The fourth-order valence-electron chi connectivity index (χ4n) is 3.79. The fourth-order valence-corrected chi connectivity index (χ4v) is 3.79. The van der Waals surface area contributed by atoms with Gasteiger partial charge in [-0.25, -0.2) is 0 Å². The highest BCUT2D eigenvalue weighted by Crippen LogP contribution is 2.32. The van der Waals surface area contributed by atoms with Crippen LogP contribution in [0.3, 0.4) is 0 Å². The molecule has 0 bridgehead atoms. The number of ketones is 1. The highest BCUT2D eigenvalue weighted by atomic mass is 16.6. The lowest BCUT2D eigenvalue weighted by atomic mass is 10.0. The number of nitrogens with zero attached hydrogens (tertiary/aromatic N) is 1. The first-order chi connectivity index (χ1) is 15.5. The minimum absolute atomic E-state index is 0. The number of unbranched alkanes of at least 4 members (excludes halogenated alkanes) is 10. The number of ether oxygens (including phenoxy) is 1. The molecule has 0 aliphatic carbocycles. The van der Waals surface area contributed by atoms with E-state index in [1.54, 1.807) is 30.3 Å². The van der Waals surface area contributed by atoms with Gasteiger partial charge in [-0.2, -0.15) is 0 Å². The lowest BCUT2D eigenvalue weighted by Crippen LogP contribution is -2.06. The van der Waals surface area contributed by atoms with E-state index in [1.165, 1.54) is 63.5 Å². The van der Waals surface area contributed by atoms with Crippen LogP contribution in [0.15, 0.2) is 42.5 Å². The second kappa shape index (κ2) is 15.8. The van der Waals surface area contributed by atoms with Crippen LogP contribution in [-0.4, -0.2) is 16.2 Å². The van der Waals surface area contributed by atoms with E-state index in [0.717, 1.165) is 19.3 Å². The molecule has 0 saturated carbocycles. The van der Waals surface area contributed by atoms with Crippen LogP contribution in [0.1, 0.15) is 94.3 Å². The minimum Gasteiger partial charge on any atom is -0.456 e. The summed E-state index contributed by atoms with van der Waals surface area (Å²) in [7, 11) is 0. The summed E-state index contributed by atoms with van der Waals surface area (Å²) in [4.78, 5) is 23.4. The van der Waals surface area contributed by atoms with Gasteiger partial charge in [-0.1, -0.05) is 83.3 Å². The number of nitro groups is 1. The van der Waals surface area contributed by atoms with Gasteiger partial charge in [-0.15, -0.1) is 0 Å². The summed E-state index contributed by atoms with van der Waals surface area (Å²) in [6.07, 6.45) is 13.9. The van der Waals surface area contributed by atoms with Gasteiger partial charge in [0.05, 0.1) is 16.6 Å². The average molecular weight is 459 g/mol. The third kappa shape index (κ3) is 10.0. The molecule has 4 N–H and O–H groups in total. The van der Waals surface area contributed by atoms with Gasteiger partial charge in [0.15, 0.2) is 5.78 Å². The number of anilines is 1. The maximum absolute atomic E-state index is 12.8. The lowest BCUT2D eigenvalue weighted by molar-refractivity contribution is -0.384. The van der Waals surface area contributed by atoms with Crippen molar-refractivity contribution in [2.75, 3.05) is 5.73 Å². The highest BCUT2D eigenvalue weighted by Gasteiger charge is 2.17. The Morgan fingerprint density at radius 3 is 2.09 bits per heavy atom. The lowest BCUT2D eigenvalue weighted by Gasteiger charge is -2.12. The van der Waals surface area contributed by atoms with Gasteiger partial charge in [0.2, 0.25) is 0 Å². The second-order valence-electron chi connectivity index (χ2n) is 8.29. The zero-order valence-corrected chi connectivity index (χ0v) is 19.7. The largest absolute Gasteiger partial charge is 0.456 e. The summed E-state index contributed by atoms with van der Waals surface area (Å²) in [6, 6.07) is 10.9. The van der Waals surface area contributed by atoms with Crippen molar-refractivity contribution in [2.45, 2.75) is 84.0 Å². The first kappa shape index (κ1) is 28.1. The quantitative estimate of drug-likeness (QED) is 0.0949. The Kier molecular flexibility index (Phi) is 13.5. The van der Waals surface area contributed by atoms with Crippen molar-refractivity contribution < 1.29 is 19.9 Å². The van der Waals surface area contributed by atoms with Crippen LogP contribution in [-0.2, 0) is 0 Å². The van der Waals surface area contributed by atoms with Crippen LogP contribution in [0.5, 0.6) is 11.5 Å². The highest BCUT2D eigenvalue weighted by molar-refractivity contribution is 6.03. The van der Waals surface area contributed by atoms with Crippen LogP contribution < -0.4 is 10.5 Å². The van der Waals surface area contributed by atoms with Crippen molar-refractivity contribution >= 4 is 17.2 Å². The van der Waals surface area contributed by atoms with E-state index in [2.05, 4.69) is 6.92 Å². The predicted octanol–water partition coefficient (Wildman–Crippen LogP) is 7.03. The Bertz CT molecular complexity index is 870. The van der Waals surface area contributed by atoms with Gasteiger partial charge in [-0.05, 0) is 24.6 Å². The number of non-ortho nitro benzene ring substituents is 1. The molecule has 0 saturated heterocycles. The minimum atomic E-state index is -0.481. The van der Waals surface area contributed by atoms with Crippen molar-refractivity contribution in [3.63, 3.8) is 0 Å². The van der Waals surface area contributed by atoms with Gasteiger partial charge in [0, 0.05) is 18.2 Å². The molecule has 0 heterocycles. The second-order valence-corrected chi connectivity index (χ2v) is 8.29. The van der Waals surface area contributed by atoms with Gasteiger partial charge >= 0.3 is 0 Å². The summed E-state index contributed by atoms with van der Waals surface area (Å²) in [6.45, 7) is 2.24. The molecule has 0 radical (unpaired) electrons. The molecule has 0 aliphatic heterocycles. The van der Waals surface area contributed by atoms with E-state index in [1.807, 2.05) is 0 Å². The first-order valence-electron chi connectivity index (χ1n) is 11.9. The Balaban J connectivity index is 0.00000544. The zero-order chi connectivity index (χ0) is 23.2. The van der Waals surface area contributed by atoms with Crippen molar-refractivity contribution in [1.82, 2.24) is 0 Å². The van der Waals surface area contributed by atoms with E-state index < -0.39 is 4.92 Å². The van der Waals surface area contributed by atoms with Crippen molar-refractivity contribution in [3.8, 4) is 11.5 Å². The first-order valence-corrected chi connectivity index (χ1v) is 11.9. The molecule has 7 heteroatoms. The number of nitro benzene ring substituents is 1. The topological polar surface area (TPSA) is 127 Å². The number of nitrogens with two attached hydrogens (primary N) is 1. The number of hydrogen-bond donors (Lipinski definition) is 1. The van der Waals surface area contributed by atoms with E-state index >= 15 is 0 Å². The van der Waals surface area contributed by atoms with Crippen LogP contribution in [0.4, 0.5) is 11.4 Å². The molecule has 0 unspecified atom stereocenters. The van der Waals surface area contributed by atoms with Gasteiger partial charge in [-0.3, -0.25) is 14.9 Å². The number of benzene rings is 2. The van der Waals surface area contributed by atoms with E-state index in [4.69, 9.17) is 10.5 Å². The molecule has 33 heavy (non-hydrogen) atoms. The monoisotopic (exact) mass is 458 g/mol. The average Bonchev–Trinajstić information content (AvgIpc) is 2.77. The normalized spacial score (nSPS) is 10.5. The van der Waals surface area contributed by atoms with Crippen molar-refractivity contribution in [1.29, 1.82) is 0 Å². The SMILES string of the molecule is CCCCCCCCCCCCCC(=O)c1c(N)cccc1Oc1cccc([N+](=O)[O-])c1.O. The van der Waals surface area contributed by atoms with Crippen molar-refractivity contribution in [2.24, 2.45) is 0 Å². The standard InChI is InChI=1S/C26H36N2O4.H2O/c1-2-3-4-5-6-7-8-9-10-11-12-18-24(29)26-23(27)17-14-19-25(26)32-22-16-13-15-21(20-22)28(30)31;/h13-17,19-20H,2-12,18,27H2,1H3;1H2. The van der Waals surface area contributed by atoms with Gasteiger partial charge in [0.25, 0.3) is 5.69 Å². The third-order valence-electron chi connectivity index (χ3n) is 5.60. The van der Waals surface area contributed by atoms with Crippen LogP contribution >= 0.6 is 0 Å². The molecule has 0 aromatic heterocycles.